The molecule has 1 aliphatic heterocycles. The summed E-state index contributed by atoms with van der Waals surface area (Å²) < 4.78 is 61.8. The molecule has 1 aliphatic rings. The van der Waals surface area contributed by atoms with Crippen LogP contribution >= 0.6 is 11.6 Å². The largest absolute Gasteiger partial charge is 0.419 e. The SMILES string of the molecule is CS(=O)(=O)N1CCN(c2[nH+]cc(C(F)(F)F)cc2Cl)CC1. The van der Waals surface area contributed by atoms with E-state index in [1.165, 1.54) is 4.31 Å². The van der Waals surface area contributed by atoms with E-state index < -0.39 is 21.8 Å². The van der Waals surface area contributed by atoms with E-state index in [2.05, 4.69) is 4.98 Å². The first-order valence-electron chi connectivity index (χ1n) is 6.07. The molecule has 1 aromatic heterocycles. The number of rotatable bonds is 2. The third kappa shape index (κ3) is 3.78. The topological polar surface area (TPSA) is 54.8 Å². The van der Waals surface area contributed by atoms with E-state index >= 15 is 0 Å². The zero-order valence-electron chi connectivity index (χ0n) is 11.1. The van der Waals surface area contributed by atoms with E-state index in [1.807, 2.05) is 0 Å². The minimum absolute atomic E-state index is 0.0439. The molecule has 0 saturated carbocycles. The predicted molar refractivity (Wildman–Crippen MR) is 71.6 cm³/mol. The second-order valence-electron chi connectivity index (χ2n) is 4.73. The zero-order valence-corrected chi connectivity index (χ0v) is 12.7. The van der Waals surface area contributed by atoms with Gasteiger partial charge in [0.1, 0.15) is 11.2 Å². The number of aromatic nitrogens is 1. The molecule has 0 spiro atoms. The normalized spacial score (nSPS) is 18.0. The smallest absolute Gasteiger partial charge is 0.258 e. The van der Waals surface area contributed by atoms with E-state index in [0.29, 0.717) is 18.9 Å². The highest BCUT2D eigenvalue weighted by atomic mass is 35.5. The Morgan fingerprint density at radius 2 is 1.81 bits per heavy atom. The fraction of sp³-hybridized carbons (Fsp3) is 0.545. The lowest BCUT2D eigenvalue weighted by atomic mass is 10.2. The number of halogens is 4. The second kappa shape index (κ2) is 5.62. The van der Waals surface area contributed by atoms with Crippen LogP contribution in [0.3, 0.4) is 0 Å². The van der Waals surface area contributed by atoms with Crippen molar-refractivity contribution < 1.29 is 26.6 Å². The average Bonchev–Trinajstić information content (AvgIpc) is 2.36. The standard InChI is InChI=1S/C11H13ClF3N3O2S/c1-21(19,20)18-4-2-17(3-5-18)10-9(12)6-8(7-16-10)11(13,14)15/h6-7H,2-5H2,1H3/p+1. The molecule has 1 saturated heterocycles. The number of aromatic amines is 1. The van der Waals surface area contributed by atoms with Crippen LogP contribution in [0.2, 0.25) is 5.02 Å². The van der Waals surface area contributed by atoms with E-state index in [0.717, 1.165) is 18.5 Å². The summed E-state index contributed by atoms with van der Waals surface area (Å²) in [5.41, 5.74) is -0.856. The molecule has 21 heavy (non-hydrogen) atoms. The van der Waals surface area contributed by atoms with Crippen LogP contribution in [0, 0.1) is 0 Å². The fourth-order valence-corrected chi connectivity index (χ4v) is 3.23. The van der Waals surface area contributed by atoms with Crippen molar-refractivity contribution in [3.8, 4) is 0 Å². The molecule has 2 rings (SSSR count). The summed E-state index contributed by atoms with van der Waals surface area (Å²) in [6.45, 7) is 1.25. The molecule has 1 aromatic rings. The molecular weight excluding hydrogens is 331 g/mol. The number of H-pyrrole nitrogens is 1. The Bertz CT molecular complexity index is 628. The average molecular weight is 345 g/mol. The number of piperazine rings is 1. The summed E-state index contributed by atoms with van der Waals surface area (Å²) in [5.74, 6) is 0.359. The van der Waals surface area contributed by atoms with Crippen LogP contribution in [0.25, 0.3) is 0 Å². The summed E-state index contributed by atoms with van der Waals surface area (Å²) in [4.78, 5) is 4.27. The third-order valence-corrected chi connectivity index (χ3v) is 4.82. The Hall–Kier alpha value is -1.06. The number of nitrogens with one attached hydrogen (secondary N) is 1. The van der Waals surface area contributed by atoms with Crippen LogP contribution in [0.5, 0.6) is 0 Å². The minimum atomic E-state index is -4.46. The number of pyridine rings is 1. The number of hydrogen-bond donors (Lipinski definition) is 0. The van der Waals surface area contributed by atoms with Crippen molar-refractivity contribution in [2.24, 2.45) is 0 Å². The van der Waals surface area contributed by atoms with Crippen molar-refractivity contribution in [2.45, 2.75) is 6.18 Å². The number of sulfonamides is 1. The highest BCUT2D eigenvalue weighted by Crippen LogP contribution is 2.32. The summed E-state index contributed by atoms with van der Waals surface area (Å²) in [6, 6.07) is 0.857. The van der Waals surface area contributed by atoms with E-state index in [4.69, 9.17) is 11.6 Å². The van der Waals surface area contributed by atoms with Crippen LogP contribution in [0.1, 0.15) is 5.56 Å². The minimum Gasteiger partial charge on any atom is -0.258 e. The van der Waals surface area contributed by atoms with Gasteiger partial charge in [0.05, 0.1) is 38.0 Å². The maximum absolute atomic E-state index is 12.6. The van der Waals surface area contributed by atoms with Crippen molar-refractivity contribution in [3.05, 3.63) is 22.8 Å². The van der Waals surface area contributed by atoms with Crippen LogP contribution in [0.4, 0.5) is 19.0 Å². The Morgan fingerprint density at radius 3 is 2.24 bits per heavy atom. The van der Waals surface area contributed by atoms with Gasteiger partial charge in [0, 0.05) is 0 Å². The highest BCUT2D eigenvalue weighted by molar-refractivity contribution is 7.88. The van der Waals surface area contributed by atoms with Crippen molar-refractivity contribution in [3.63, 3.8) is 0 Å². The fourth-order valence-electron chi connectivity index (χ4n) is 2.11. The first kappa shape index (κ1) is 16.3. The van der Waals surface area contributed by atoms with Gasteiger partial charge in [0.2, 0.25) is 10.0 Å². The molecule has 118 valence electrons. The molecule has 2 heterocycles. The number of anilines is 1. The van der Waals surface area contributed by atoms with Gasteiger partial charge >= 0.3 is 6.18 Å². The van der Waals surface area contributed by atoms with Crippen LogP contribution in [0.15, 0.2) is 12.3 Å². The first-order valence-corrected chi connectivity index (χ1v) is 8.30. The summed E-state index contributed by atoms with van der Waals surface area (Å²) >= 11 is 5.89. The third-order valence-electron chi connectivity index (χ3n) is 3.22. The first-order chi connectivity index (χ1) is 9.59. The molecule has 0 aromatic carbocycles. The Labute approximate surface area is 125 Å². The Morgan fingerprint density at radius 1 is 1.24 bits per heavy atom. The van der Waals surface area contributed by atoms with Crippen molar-refractivity contribution >= 4 is 27.4 Å². The zero-order chi connectivity index (χ0) is 15.8. The monoisotopic (exact) mass is 344 g/mol. The highest BCUT2D eigenvalue weighted by Gasteiger charge is 2.35. The molecule has 0 atom stereocenters. The maximum atomic E-state index is 12.6. The molecule has 0 amide bonds. The Kier molecular flexibility index (Phi) is 4.36. The summed E-state index contributed by atoms with van der Waals surface area (Å²) in [7, 11) is -3.25. The predicted octanol–water partition coefficient (Wildman–Crippen LogP) is 1.25. The lowest BCUT2D eigenvalue weighted by molar-refractivity contribution is -0.367. The van der Waals surface area contributed by atoms with Gasteiger partial charge in [0.25, 0.3) is 5.82 Å². The van der Waals surface area contributed by atoms with E-state index in [1.54, 1.807) is 4.90 Å². The summed E-state index contributed by atoms with van der Waals surface area (Å²) in [5, 5.41) is -0.0439. The van der Waals surface area contributed by atoms with E-state index in [9.17, 15) is 21.6 Å². The quantitative estimate of drug-likeness (QED) is 0.811. The van der Waals surface area contributed by atoms with Gasteiger partial charge < -0.3 is 0 Å². The molecule has 0 unspecified atom stereocenters. The van der Waals surface area contributed by atoms with Gasteiger partial charge in [-0.15, -0.1) is 0 Å². The summed E-state index contributed by atoms with van der Waals surface area (Å²) in [6.07, 6.45) is -2.49. The van der Waals surface area contributed by atoms with Gasteiger partial charge in [0.15, 0.2) is 0 Å². The van der Waals surface area contributed by atoms with Crippen molar-refractivity contribution in [1.82, 2.24) is 4.31 Å². The van der Waals surface area contributed by atoms with Gasteiger partial charge in [-0.3, -0.25) is 4.90 Å². The van der Waals surface area contributed by atoms with Gasteiger partial charge in [-0.1, -0.05) is 11.6 Å². The Balaban J connectivity index is 2.14. The van der Waals surface area contributed by atoms with Crippen molar-refractivity contribution in [1.29, 1.82) is 0 Å². The van der Waals surface area contributed by atoms with Crippen LogP contribution < -0.4 is 9.88 Å². The molecule has 1 N–H and O–H groups in total. The van der Waals surface area contributed by atoms with Gasteiger partial charge in [-0.05, 0) is 6.07 Å². The second-order valence-corrected chi connectivity index (χ2v) is 7.12. The van der Waals surface area contributed by atoms with Gasteiger partial charge in [-0.2, -0.15) is 17.5 Å². The number of hydrogen-bond acceptors (Lipinski definition) is 3. The van der Waals surface area contributed by atoms with Crippen LogP contribution in [-0.4, -0.2) is 45.2 Å². The lowest BCUT2D eigenvalue weighted by Crippen LogP contribution is -2.49. The maximum Gasteiger partial charge on any atom is 0.419 e. The molecule has 5 nitrogen and oxygen atoms in total. The van der Waals surface area contributed by atoms with Crippen molar-refractivity contribution in [2.75, 3.05) is 37.3 Å². The molecule has 1 fully saturated rings. The van der Waals surface area contributed by atoms with E-state index in [-0.39, 0.29) is 18.1 Å². The molecule has 0 bridgehead atoms. The number of nitrogens with zero attached hydrogens (tertiary/aromatic N) is 2. The molecular formula is C11H14ClF3N3O2S+. The molecule has 10 heteroatoms. The van der Waals surface area contributed by atoms with Gasteiger partial charge in [-0.25, -0.2) is 13.4 Å². The van der Waals surface area contributed by atoms with Crippen LogP contribution in [-0.2, 0) is 16.2 Å². The lowest BCUT2D eigenvalue weighted by Gasteiger charge is -2.29. The number of alkyl halides is 3. The molecule has 0 radical (unpaired) electrons. The molecule has 0 aliphatic carbocycles.